The normalized spacial score (nSPS) is 12.8. The van der Waals surface area contributed by atoms with Gasteiger partial charge >= 0.3 is 0 Å². The Morgan fingerprint density at radius 2 is 2.00 bits per heavy atom. The molecule has 0 heterocycles. The minimum atomic E-state index is -0.250. The van der Waals surface area contributed by atoms with Crippen molar-refractivity contribution >= 4 is 15.9 Å². The fourth-order valence-electron chi connectivity index (χ4n) is 1.25. The number of alkyl halides is 1. The van der Waals surface area contributed by atoms with Crippen molar-refractivity contribution in [3.8, 4) is 0 Å². The van der Waals surface area contributed by atoms with E-state index in [9.17, 15) is 4.39 Å². The smallest absolute Gasteiger partial charge is 0.0906 e. The Labute approximate surface area is 92.8 Å². The first-order valence-electron chi connectivity index (χ1n) is 4.79. The second kappa shape index (κ2) is 6.14. The molecule has 0 fully saturated rings. The molecule has 1 N–H and O–H groups in total. The average Bonchev–Trinajstić information content (AvgIpc) is 2.19. The third kappa shape index (κ3) is 3.76. The molecule has 1 aromatic carbocycles. The molecule has 0 saturated heterocycles. The van der Waals surface area contributed by atoms with E-state index in [0.29, 0.717) is 6.42 Å². The molecule has 0 aliphatic rings. The number of rotatable bonds is 5. The number of benzene rings is 1. The zero-order chi connectivity index (χ0) is 10.4. The van der Waals surface area contributed by atoms with Crippen LogP contribution < -0.4 is 5.32 Å². The molecule has 0 bridgehead atoms. The Morgan fingerprint density at radius 3 is 2.57 bits per heavy atom. The largest absolute Gasteiger partial charge is 0.310 e. The van der Waals surface area contributed by atoms with Gasteiger partial charge in [0.2, 0.25) is 0 Å². The van der Waals surface area contributed by atoms with E-state index in [2.05, 4.69) is 40.3 Å². The van der Waals surface area contributed by atoms with Crippen molar-refractivity contribution in [3.63, 3.8) is 0 Å². The molecule has 1 atom stereocenters. The average molecular weight is 260 g/mol. The van der Waals surface area contributed by atoms with E-state index in [0.717, 1.165) is 11.0 Å². The van der Waals surface area contributed by atoms with E-state index in [1.807, 2.05) is 12.1 Å². The van der Waals surface area contributed by atoms with Gasteiger partial charge in [-0.15, -0.1) is 0 Å². The van der Waals surface area contributed by atoms with Crippen molar-refractivity contribution in [2.24, 2.45) is 0 Å². The highest BCUT2D eigenvalue weighted by molar-refractivity contribution is 9.10. The molecule has 0 saturated carbocycles. The highest BCUT2D eigenvalue weighted by Crippen LogP contribution is 2.16. The molecule has 78 valence electrons. The first-order valence-corrected chi connectivity index (χ1v) is 5.58. The molecule has 3 heteroatoms. The third-order valence-corrected chi connectivity index (χ3v) is 2.66. The van der Waals surface area contributed by atoms with E-state index in [-0.39, 0.29) is 12.7 Å². The molecule has 1 rings (SSSR count). The summed E-state index contributed by atoms with van der Waals surface area (Å²) >= 11 is 3.39. The molecule has 0 amide bonds. The lowest BCUT2D eigenvalue weighted by Gasteiger charge is -2.13. The Kier molecular flexibility index (Phi) is 5.12. The van der Waals surface area contributed by atoms with Crippen LogP contribution in [0.2, 0.25) is 0 Å². The quantitative estimate of drug-likeness (QED) is 0.799. The van der Waals surface area contributed by atoms with Crippen molar-refractivity contribution in [1.82, 2.24) is 5.32 Å². The second-order valence-electron chi connectivity index (χ2n) is 3.27. The molecule has 1 aromatic rings. The molecule has 0 aliphatic carbocycles. The molecule has 0 radical (unpaired) electrons. The molecule has 0 aliphatic heterocycles. The van der Waals surface area contributed by atoms with Crippen molar-refractivity contribution in [2.45, 2.75) is 19.4 Å². The summed E-state index contributed by atoms with van der Waals surface area (Å²) < 4.78 is 12.9. The second-order valence-corrected chi connectivity index (χ2v) is 4.19. The fourth-order valence-corrected chi connectivity index (χ4v) is 1.52. The van der Waals surface area contributed by atoms with Crippen LogP contribution in [0.25, 0.3) is 0 Å². The third-order valence-electron chi connectivity index (χ3n) is 2.13. The molecule has 0 aromatic heterocycles. The Bertz CT molecular complexity index is 260. The van der Waals surface area contributed by atoms with Gasteiger partial charge in [0.1, 0.15) is 0 Å². The standard InChI is InChI=1S/C11H15BrFN/c1-9(14-8-2-7-13)10-3-5-11(12)6-4-10/h3-6,9,14H,2,7-8H2,1H3/t9-/m1/s1. The molecule has 14 heavy (non-hydrogen) atoms. The van der Waals surface area contributed by atoms with E-state index in [1.165, 1.54) is 5.56 Å². The van der Waals surface area contributed by atoms with Crippen LogP contribution in [0, 0.1) is 0 Å². The first kappa shape index (κ1) is 11.7. The van der Waals surface area contributed by atoms with Gasteiger partial charge in [0.25, 0.3) is 0 Å². The summed E-state index contributed by atoms with van der Waals surface area (Å²) in [5, 5.41) is 3.26. The van der Waals surface area contributed by atoms with Crippen molar-refractivity contribution in [3.05, 3.63) is 34.3 Å². The Hall–Kier alpha value is -0.410. The maximum Gasteiger partial charge on any atom is 0.0906 e. The van der Waals surface area contributed by atoms with Gasteiger partial charge in [0, 0.05) is 10.5 Å². The molecule has 1 nitrogen and oxygen atoms in total. The minimum absolute atomic E-state index is 0.250. The van der Waals surface area contributed by atoms with Gasteiger partial charge in [0.15, 0.2) is 0 Å². The Morgan fingerprint density at radius 1 is 1.36 bits per heavy atom. The zero-order valence-electron chi connectivity index (χ0n) is 8.26. The summed E-state index contributed by atoms with van der Waals surface area (Å²) in [4.78, 5) is 0. The molecular weight excluding hydrogens is 245 g/mol. The van der Waals surface area contributed by atoms with Crippen molar-refractivity contribution < 1.29 is 4.39 Å². The molecular formula is C11H15BrFN. The monoisotopic (exact) mass is 259 g/mol. The number of hydrogen-bond donors (Lipinski definition) is 1. The fraction of sp³-hybridized carbons (Fsp3) is 0.455. The van der Waals surface area contributed by atoms with Gasteiger partial charge < -0.3 is 5.32 Å². The van der Waals surface area contributed by atoms with Crippen LogP contribution in [0.4, 0.5) is 4.39 Å². The van der Waals surface area contributed by atoms with Crippen LogP contribution in [0.15, 0.2) is 28.7 Å². The van der Waals surface area contributed by atoms with E-state index < -0.39 is 0 Å². The van der Waals surface area contributed by atoms with E-state index in [4.69, 9.17) is 0 Å². The van der Waals surface area contributed by atoms with Gasteiger partial charge in [-0.25, -0.2) is 0 Å². The van der Waals surface area contributed by atoms with Gasteiger partial charge in [-0.2, -0.15) is 0 Å². The van der Waals surface area contributed by atoms with E-state index in [1.54, 1.807) is 0 Å². The van der Waals surface area contributed by atoms with Crippen LogP contribution in [0.3, 0.4) is 0 Å². The summed E-state index contributed by atoms with van der Waals surface area (Å²) in [7, 11) is 0. The van der Waals surface area contributed by atoms with Crippen LogP contribution in [-0.2, 0) is 0 Å². The van der Waals surface area contributed by atoms with Gasteiger partial charge in [-0.1, -0.05) is 28.1 Å². The number of nitrogens with one attached hydrogen (secondary N) is 1. The number of hydrogen-bond acceptors (Lipinski definition) is 1. The lowest BCUT2D eigenvalue weighted by atomic mass is 10.1. The van der Waals surface area contributed by atoms with Crippen LogP contribution >= 0.6 is 15.9 Å². The predicted octanol–water partition coefficient (Wildman–Crippen LogP) is 3.46. The summed E-state index contributed by atoms with van der Waals surface area (Å²) in [6.07, 6.45) is 0.584. The molecule has 0 unspecified atom stereocenters. The van der Waals surface area contributed by atoms with E-state index >= 15 is 0 Å². The van der Waals surface area contributed by atoms with Crippen LogP contribution in [-0.4, -0.2) is 13.2 Å². The lowest BCUT2D eigenvalue weighted by Crippen LogP contribution is -2.20. The molecule has 0 spiro atoms. The van der Waals surface area contributed by atoms with Crippen molar-refractivity contribution in [1.29, 1.82) is 0 Å². The predicted molar refractivity (Wildman–Crippen MR) is 61.2 cm³/mol. The maximum atomic E-state index is 11.9. The van der Waals surface area contributed by atoms with Gasteiger partial charge in [-0.05, 0) is 37.6 Å². The van der Waals surface area contributed by atoms with Gasteiger partial charge in [-0.3, -0.25) is 4.39 Å². The topological polar surface area (TPSA) is 12.0 Å². The lowest BCUT2D eigenvalue weighted by molar-refractivity contribution is 0.446. The SMILES string of the molecule is C[C@@H](NCCCF)c1ccc(Br)cc1. The summed E-state index contributed by atoms with van der Waals surface area (Å²) in [6, 6.07) is 8.45. The zero-order valence-corrected chi connectivity index (χ0v) is 9.85. The van der Waals surface area contributed by atoms with Crippen molar-refractivity contribution in [2.75, 3.05) is 13.2 Å². The van der Waals surface area contributed by atoms with Crippen LogP contribution in [0.1, 0.15) is 24.9 Å². The number of halogens is 2. The maximum absolute atomic E-state index is 11.9. The summed E-state index contributed by atoms with van der Waals surface area (Å²) in [5.41, 5.74) is 1.23. The highest BCUT2D eigenvalue weighted by atomic mass is 79.9. The highest BCUT2D eigenvalue weighted by Gasteiger charge is 2.03. The van der Waals surface area contributed by atoms with Crippen LogP contribution in [0.5, 0.6) is 0 Å². The summed E-state index contributed by atoms with van der Waals surface area (Å²) in [6.45, 7) is 2.56. The Balaban J connectivity index is 2.43. The first-order chi connectivity index (χ1) is 6.74. The summed E-state index contributed by atoms with van der Waals surface area (Å²) in [5.74, 6) is 0. The minimum Gasteiger partial charge on any atom is -0.310 e. The van der Waals surface area contributed by atoms with Gasteiger partial charge in [0.05, 0.1) is 6.67 Å².